The number of halogens is 1. The fourth-order valence-corrected chi connectivity index (χ4v) is 2.57. The molecule has 0 saturated carbocycles. The molecule has 1 aliphatic heterocycles. The third-order valence-electron chi connectivity index (χ3n) is 3.16. The summed E-state index contributed by atoms with van der Waals surface area (Å²) in [5, 5.41) is 3.03. The lowest BCUT2D eigenvalue weighted by atomic mass is 10.0. The van der Waals surface area contributed by atoms with Crippen LogP contribution in [-0.4, -0.2) is 17.5 Å². The number of carbonyl (C=O) groups is 1. The number of aromatic nitrogens is 1. The molecule has 3 rings (SSSR count). The van der Waals surface area contributed by atoms with Crippen LogP contribution in [0.15, 0.2) is 41.0 Å². The summed E-state index contributed by atoms with van der Waals surface area (Å²) in [7, 11) is 0. The van der Waals surface area contributed by atoms with Gasteiger partial charge in [-0.05, 0) is 28.1 Å². The van der Waals surface area contributed by atoms with E-state index in [1.54, 1.807) is 12.3 Å². The predicted octanol–water partition coefficient (Wildman–Crippen LogP) is 3.03. The summed E-state index contributed by atoms with van der Waals surface area (Å²) in [6.45, 7) is 0.621. The molecular weight excluding hydrogens is 308 g/mol. The van der Waals surface area contributed by atoms with E-state index in [0.29, 0.717) is 12.3 Å². The highest BCUT2D eigenvalue weighted by Gasteiger charge is 2.23. The van der Waals surface area contributed by atoms with Crippen LogP contribution in [0, 0.1) is 0 Å². The molecule has 2 heterocycles. The van der Waals surface area contributed by atoms with Gasteiger partial charge in [-0.25, -0.2) is 0 Å². The van der Waals surface area contributed by atoms with Gasteiger partial charge >= 0.3 is 0 Å². The quantitative estimate of drug-likeness (QED) is 0.893. The van der Waals surface area contributed by atoms with Crippen molar-refractivity contribution < 1.29 is 9.53 Å². The molecule has 0 bridgehead atoms. The number of aromatic amines is 1. The predicted molar refractivity (Wildman–Crippen MR) is 75.3 cm³/mol. The first-order chi connectivity index (χ1) is 9.24. The van der Waals surface area contributed by atoms with Crippen molar-refractivity contribution in [1.82, 2.24) is 10.3 Å². The Kier molecular flexibility index (Phi) is 3.29. The smallest absolute Gasteiger partial charge is 0.268 e. The normalized spacial score (nSPS) is 17.4. The van der Waals surface area contributed by atoms with E-state index in [4.69, 9.17) is 4.74 Å². The van der Waals surface area contributed by atoms with Gasteiger partial charge in [0.05, 0.1) is 12.6 Å². The van der Waals surface area contributed by atoms with E-state index in [0.717, 1.165) is 22.2 Å². The van der Waals surface area contributed by atoms with Gasteiger partial charge in [-0.3, -0.25) is 4.79 Å². The van der Waals surface area contributed by atoms with Crippen molar-refractivity contribution in [3.05, 3.63) is 52.3 Å². The average molecular weight is 321 g/mol. The standard InChI is InChI=1S/C14H13BrN2O2/c15-9-7-12(16-8-9)14(18)17-11-5-6-19-13-4-2-1-3-10(11)13/h1-4,7-8,11,16H,5-6H2,(H,17,18). The fourth-order valence-electron chi connectivity index (χ4n) is 2.23. The van der Waals surface area contributed by atoms with Crippen LogP contribution in [0.3, 0.4) is 0 Å². The number of amides is 1. The van der Waals surface area contributed by atoms with E-state index in [1.807, 2.05) is 24.3 Å². The van der Waals surface area contributed by atoms with Crippen LogP contribution in [0.4, 0.5) is 0 Å². The topological polar surface area (TPSA) is 54.1 Å². The number of benzene rings is 1. The molecule has 0 radical (unpaired) electrons. The summed E-state index contributed by atoms with van der Waals surface area (Å²) in [5.41, 5.74) is 1.59. The highest BCUT2D eigenvalue weighted by Crippen LogP contribution is 2.31. The maximum Gasteiger partial charge on any atom is 0.268 e. The van der Waals surface area contributed by atoms with E-state index in [-0.39, 0.29) is 11.9 Å². The second kappa shape index (κ2) is 5.09. The van der Waals surface area contributed by atoms with Crippen molar-refractivity contribution in [2.45, 2.75) is 12.5 Å². The van der Waals surface area contributed by atoms with Gasteiger partial charge in [0.2, 0.25) is 0 Å². The van der Waals surface area contributed by atoms with Crippen LogP contribution in [0.1, 0.15) is 28.5 Å². The largest absolute Gasteiger partial charge is 0.493 e. The SMILES string of the molecule is O=C(NC1CCOc2ccccc21)c1cc(Br)c[nH]1. The van der Waals surface area contributed by atoms with Crippen LogP contribution in [-0.2, 0) is 0 Å². The minimum Gasteiger partial charge on any atom is -0.493 e. The number of H-pyrrole nitrogens is 1. The zero-order valence-electron chi connectivity index (χ0n) is 10.2. The van der Waals surface area contributed by atoms with E-state index in [1.165, 1.54) is 0 Å². The van der Waals surface area contributed by atoms with E-state index in [2.05, 4.69) is 26.2 Å². The summed E-state index contributed by atoms with van der Waals surface area (Å²) in [4.78, 5) is 15.1. The highest BCUT2D eigenvalue weighted by molar-refractivity contribution is 9.10. The number of hydrogen-bond donors (Lipinski definition) is 2. The molecule has 1 amide bonds. The van der Waals surface area contributed by atoms with Crippen molar-refractivity contribution in [1.29, 1.82) is 0 Å². The lowest BCUT2D eigenvalue weighted by Crippen LogP contribution is -2.32. The molecule has 98 valence electrons. The van der Waals surface area contributed by atoms with Crippen molar-refractivity contribution >= 4 is 21.8 Å². The molecule has 19 heavy (non-hydrogen) atoms. The Labute approximate surface area is 119 Å². The van der Waals surface area contributed by atoms with Crippen molar-refractivity contribution in [3.8, 4) is 5.75 Å². The molecule has 2 aromatic rings. The molecule has 4 nitrogen and oxygen atoms in total. The number of para-hydroxylation sites is 1. The molecule has 1 aliphatic rings. The molecule has 0 saturated heterocycles. The molecule has 0 spiro atoms. The number of hydrogen-bond acceptors (Lipinski definition) is 2. The van der Waals surface area contributed by atoms with Crippen LogP contribution in [0.2, 0.25) is 0 Å². The van der Waals surface area contributed by atoms with Gasteiger partial charge in [-0.1, -0.05) is 18.2 Å². The van der Waals surface area contributed by atoms with Crippen molar-refractivity contribution in [2.75, 3.05) is 6.61 Å². The minimum atomic E-state index is -0.104. The number of ether oxygens (including phenoxy) is 1. The third-order valence-corrected chi connectivity index (χ3v) is 3.61. The second-order valence-corrected chi connectivity index (χ2v) is 5.35. The third kappa shape index (κ3) is 2.51. The van der Waals surface area contributed by atoms with Crippen molar-refractivity contribution in [2.24, 2.45) is 0 Å². The molecule has 1 aromatic carbocycles. The van der Waals surface area contributed by atoms with Crippen LogP contribution in [0.25, 0.3) is 0 Å². The van der Waals surface area contributed by atoms with Crippen LogP contribution in [0.5, 0.6) is 5.75 Å². The first kappa shape index (κ1) is 12.3. The molecule has 1 unspecified atom stereocenters. The van der Waals surface area contributed by atoms with Gasteiger partial charge in [-0.2, -0.15) is 0 Å². The zero-order valence-corrected chi connectivity index (χ0v) is 11.7. The van der Waals surface area contributed by atoms with Gasteiger partial charge in [0.25, 0.3) is 5.91 Å². The Morgan fingerprint density at radius 2 is 2.26 bits per heavy atom. The number of nitrogens with one attached hydrogen (secondary N) is 2. The molecule has 5 heteroatoms. The number of carbonyl (C=O) groups excluding carboxylic acids is 1. The molecule has 0 fully saturated rings. The Morgan fingerprint density at radius 1 is 1.42 bits per heavy atom. The lowest BCUT2D eigenvalue weighted by molar-refractivity contribution is 0.0920. The summed E-state index contributed by atoms with van der Waals surface area (Å²) < 4.78 is 6.44. The van der Waals surface area contributed by atoms with E-state index in [9.17, 15) is 4.79 Å². The fraction of sp³-hybridized carbons (Fsp3) is 0.214. The van der Waals surface area contributed by atoms with Gasteiger partial charge in [0, 0.05) is 22.7 Å². The Morgan fingerprint density at radius 3 is 3.05 bits per heavy atom. The van der Waals surface area contributed by atoms with Gasteiger partial charge in [0.15, 0.2) is 0 Å². The second-order valence-electron chi connectivity index (χ2n) is 4.43. The van der Waals surface area contributed by atoms with Crippen LogP contribution >= 0.6 is 15.9 Å². The van der Waals surface area contributed by atoms with E-state index < -0.39 is 0 Å². The molecule has 1 atom stereocenters. The number of fused-ring (bicyclic) bond motifs is 1. The maximum atomic E-state index is 12.1. The van der Waals surface area contributed by atoms with Crippen LogP contribution < -0.4 is 10.1 Å². The first-order valence-electron chi connectivity index (χ1n) is 6.10. The van der Waals surface area contributed by atoms with Gasteiger partial charge < -0.3 is 15.0 Å². The molecule has 2 N–H and O–H groups in total. The summed E-state index contributed by atoms with van der Waals surface area (Å²) >= 11 is 3.32. The Bertz CT molecular complexity index is 609. The molecular formula is C14H13BrN2O2. The van der Waals surface area contributed by atoms with Crippen molar-refractivity contribution in [3.63, 3.8) is 0 Å². The Hall–Kier alpha value is -1.75. The lowest BCUT2D eigenvalue weighted by Gasteiger charge is -2.26. The molecule has 0 aliphatic carbocycles. The minimum absolute atomic E-state index is 0.000439. The average Bonchev–Trinajstić information content (AvgIpc) is 2.86. The maximum absolute atomic E-state index is 12.1. The molecule has 1 aromatic heterocycles. The first-order valence-corrected chi connectivity index (χ1v) is 6.90. The monoisotopic (exact) mass is 320 g/mol. The summed E-state index contributed by atoms with van der Waals surface area (Å²) in [6, 6.07) is 9.58. The summed E-state index contributed by atoms with van der Waals surface area (Å²) in [6.07, 6.45) is 2.53. The van der Waals surface area contributed by atoms with Gasteiger partial charge in [-0.15, -0.1) is 0 Å². The van der Waals surface area contributed by atoms with E-state index >= 15 is 0 Å². The zero-order chi connectivity index (χ0) is 13.2. The Balaban J connectivity index is 1.79. The van der Waals surface area contributed by atoms with Gasteiger partial charge in [0.1, 0.15) is 11.4 Å². The number of rotatable bonds is 2. The highest BCUT2D eigenvalue weighted by atomic mass is 79.9. The summed E-state index contributed by atoms with van der Waals surface area (Å²) in [5.74, 6) is 0.749.